The molecule has 138 valence electrons. The first-order valence-electron chi connectivity index (χ1n) is 8.94. The number of para-hydroxylation sites is 2. The number of benzene rings is 2. The second-order valence-corrected chi connectivity index (χ2v) is 6.04. The number of fused-ring (bicyclic) bond motifs is 1. The largest absolute Gasteiger partial charge is 0.491 e. The minimum Gasteiger partial charge on any atom is -0.491 e. The molecule has 0 N–H and O–H groups in total. The molecule has 4 nitrogen and oxygen atoms in total. The van der Waals surface area contributed by atoms with Gasteiger partial charge >= 0.3 is 0 Å². The van der Waals surface area contributed by atoms with Gasteiger partial charge in [0.2, 0.25) is 5.78 Å². The average molecular weight is 361 g/mol. The molecule has 0 saturated heterocycles. The highest BCUT2D eigenvalue weighted by atomic mass is 16.5. The number of anilines is 1. The van der Waals surface area contributed by atoms with E-state index in [1.54, 1.807) is 6.07 Å². The molecular formula is C23H23NO3. The maximum absolute atomic E-state index is 13.3. The number of hydrogen-bond acceptors (Lipinski definition) is 4. The molecule has 3 rings (SSSR count). The van der Waals surface area contributed by atoms with E-state index in [0.29, 0.717) is 42.2 Å². The molecule has 0 aliphatic rings. The zero-order valence-corrected chi connectivity index (χ0v) is 15.5. The number of hydrogen-bond donors (Lipinski definition) is 0. The predicted molar refractivity (Wildman–Crippen MR) is 110 cm³/mol. The Bertz CT molecular complexity index is 961. The van der Waals surface area contributed by atoms with E-state index in [-0.39, 0.29) is 5.78 Å². The summed E-state index contributed by atoms with van der Waals surface area (Å²) in [5, 5.41) is 0.796. The Morgan fingerprint density at radius 2 is 1.81 bits per heavy atom. The molecular weight excluding hydrogens is 338 g/mol. The molecule has 4 heteroatoms. The van der Waals surface area contributed by atoms with Gasteiger partial charge in [-0.2, -0.15) is 0 Å². The number of ketones is 1. The molecule has 27 heavy (non-hydrogen) atoms. The van der Waals surface area contributed by atoms with E-state index in [1.165, 1.54) is 6.26 Å². The summed E-state index contributed by atoms with van der Waals surface area (Å²) >= 11 is 0. The number of rotatable bonds is 9. The zero-order chi connectivity index (χ0) is 19.2. The van der Waals surface area contributed by atoms with Gasteiger partial charge in [-0.05, 0) is 25.1 Å². The summed E-state index contributed by atoms with van der Waals surface area (Å²) < 4.78 is 11.5. The Balaban J connectivity index is 2.11. The van der Waals surface area contributed by atoms with Crippen molar-refractivity contribution in [3.8, 4) is 5.75 Å². The van der Waals surface area contributed by atoms with Crippen LogP contribution < -0.4 is 9.64 Å². The van der Waals surface area contributed by atoms with Crippen molar-refractivity contribution in [3.63, 3.8) is 0 Å². The Labute approximate surface area is 159 Å². The van der Waals surface area contributed by atoms with Crippen LogP contribution in [0.4, 0.5) is 5.69 Å². The third-order valence-corrected chi connectivity index (χ3v) is 4.29. The van der Waals surface area contributed by atoms with Crippen LogP contribution in [-0.2, 0) is 0 Å². The van der Waals surface area contributed by atoms with Crippen LogP contribution in [-0.4, -0.2) is 25.5 Å². The van der Waals surface area contributed by atoms with Crippen molar-refractivity contribution in [1.29, 1.82) is 0 Å². The van der Waals surface area contributed by atoms with E-state index in [1.807, 2.05) is 55.5 Å². The lowest BCUT2D eigenvalue weighted by Gasteiger charge is -2.25. The highest BCUT2D eigenvalue weighted by Gasteiger charge is 2.23. The fourth-order valence-corrected chi connectivity index (χ4v) is 3.13. The molecule has 0 spiro atoms. The highest BCUT2D eigenvalue weighted by molar-refractivity contribution is 6.17. The first-order chi connectivity index (χ1) is 13.2. The number of nitrogens with zero attached hydrogens (tertiary/aromatic N) is 1. The summed E-state index contributed by atoms with van der Waals surface area (Å²) in [6.45, 7) is 11.3. The van der Waals surface area contributed by atoms with Crippen molar-refractivity contribution in [2.45, 2.75) is 6.92 Å². The van der Waals surface area contributed by atoms with Gasteiger partial charge in [0.15, 0.2) is 5.75 Å². The Morgan fingerprint density at radius 1 is 1.07 bits per heavy atom. The first kappa shape index (κ1) is 18.5. The molecule has 0 bridgehead atoms. The van der Waals surface area contributed by atoms with Crippen molar-refractivity contribution in [2.24, 2.45) is 0 Å². The van der Waals surface area contributed by atoms with E-state index < -0.39 is 0 Å². The Hall–Kier alpha value is -3.27. The van der Waals surface area contributed by atoms with Crippen LogP contribution in [0.25, 0.3) is 11.0 Å². The van der Waals surface area contributed by atoms with Gasteiger partial charge < -0.3 is 14.1 Å². The maximum Gasteiger partial charge on any atom is 0.200 e. The molecule has 2 aromatic carbocycles. The lowest BCUT2D eigenvalue weighted by molar-refractivity contribution is 0.103. The van der Waals surface area contributed by atoms with Crippen LogP contribution in [0.2, 0.25) is 0 Å². The maximum atomic E-state index is 13.3. The van der Waals surface area contributed by atoms with Crippen molar-refractivity contribution < 1.29 is 13.9 Å². The number of carbonyl (C=O) groups is 1. The fourth-order valence-electron chi connectivity index (χ4n) is 3.13. The van der Waals surface area contributed by atoms with Crippen LogP contribution in [0.1, 0.15) is 22.8 Å². The van der Waals surface area contributed by atoms with Gasteiger partial charge in [-0.15, -0.1) is 13.2 Å². The highest BCUT2D eigenvalue weighted by Crippen LogP contribution is 2.35. The van der Waals surface area contributed by atoms with Gasteiger partial charge in [-0.3, -0.25) is 4.79 Å². The van der Waals surface area contributed by atoms with Gasteiger partial charge in [0.25, 0.3) is 0 Å². The van der Waals surface area contributed by atoms with Crippen molar-refractivity contribution in [1.82, 2.24) is 0 Å². The predicted octanol–water partition coefficient (Wildman–Crippen LogP) is 5.24. The van der Waals surface area contributed by atoms with Crippen molar-refractivity contribution in [2.75, 3.05) is 24.6 Å². The quantitative estimate of drug-likeness (QED) is 0.386. The monoisotopic (exact) mass is 361 g/mol. The van der Waals surface area contributed by atoms with E-state index in [9.17, 15) is 4.79 Å². The molecule has 0 aliphatic carbocycles. The molecule has 0 amide bonds. The number of carbonyl (C=O) groups excluding carboxylic acids is 1. The third kappa shape index (κ3) is 3.65. The molecule has 1 aromatic heterocycles. The Kier molecular flexibility index (Phi) is 5.77. The van der Waals surface area contributed by atoms with E-state index >= 15 is 0 Å². The molecule has 1 heterocycles. The van der Waals surface area contributed by atoms with Gasteiger partial charge in [0.1, 0.15) is 11.8 Å². The minimum absolute atomic E-state index is 0.123. The summed E-state index contributed by atoms with van der Waals surface area (Å²) in [5.74, 6) is 0.446. The molecule has 0 fully saturated rings. The zero-order valence-electron chi connectivity index (χ0n) is 15.5. The van der Waals surface area contributed by atoms with Crippen LogP contribution in [0.3, 0.4) is 0 Å². The standard InChI is InChI=1S/C23H23NO3/c1-4-14-24(15-5-2)20-12-9-11-18(23(20)26-6-3)22(25)19-16-27-21-13-8-7-10-17(19)21/h4-5,7-13,16H,1-2,6,14-15H2,3H3. The number of furan rings is 1. The Morgan fingerprint density at radius 3 is 2.52 bits per heavy atom. The first-order valence-corrected chi connectivity index (χ1v) is 8.94. The van der Waals surface area contributed by atoms with Crippen molar-refractivity contribution in [3.05, 3.63) is 85.2 Å². The molecule has 0 unspecified atom stereocenters. The lowest BCUT2D eigenvalue weighted by Crippen LogP contribution is -2.24. The molecule has 0 saturated carbocycles. The topological polar surface area (TPSA) is 42.7 Å². The summed E-state index contributed by atoms with van der Waals surface area (Å²) in [5.41, 5.74) is 2.58. The van der Waals surface area contributed by atoms with E-state index in [4.69, 9.17) is 9.15 Å². The smallest absolute Gasteiger partial charge is 0.200 e. The second kappa shape index (κ2) is 8.41. The summed E-state index contributed by atoms with van der Waals surface area (Å²) in [6.07, 6.45) is 5.15. The normalized spacial score (nSPS) is 10.6. The van der Waals surface area contributed by atoms with Crippen molar-refractivity contribution >= 4 is 22.4 Å². The van der Waals surface area contributed by atoms with Crippen LogP contribution >= 0.6 is 0 Å². The third-order valence-electron chi connectivity index (χ3n) is 4.29. The minimum atomic E-state index is -0.123. The van der Waals surface area contributed by atoms with Gasteiger partial charge in [0, 0.05) is 18.5 Å². The van der Waals surface area contributed by atoms with Crippen LogP contribution in [0.15, 0.2) is 78.5 Å². The van der Waals surface area contributed by atoms with Gasteiger partial charge in [-0.25, -0.2) is 0 Å². The van der Waals surface area contributed by atoms with Crippen LogP contribution in [0, 0.1) is 0 Å². The second-order valence-electron chi connectivity index (χ2n) is 6.04. The summed E-state index contributed by atoms with van der Waals surface area (Å²) in [7, 11) is 0. The fraction of sp³-hybridized carbons (Fsp3) is 0.174. The summed E-state index contributed by atoms with van der Waals surface area (Å²) in [6, 6.07) is 13.1. The van der Waals surface area contributed by atoms with E-state index in [2.05, 4.69) is 18.1 Å². The number of ether oxygens (including phenoxy) is 1. The van der Waals surface area contributed by atoms with Crippen LogP contribution in [0.5, 0.6) is 5.75 Å². The SMILES string of the molecule is C=CCN(CC=C)c1cccc(C(=O)c2coc3ccccc23)c1OCC. The van der Waals surface area contributed by atoms with Gasteiger partial charge in [-0.1, -0.05) is 36.4 Å². The molecule has 0 atom stereocenters. The molecule has 0 aliphatic heterocycles. The molecule has 3 aromatic rings. The summed E-state index contributed by atoms with van der Waals surface area (Å²) in [4.78, 5) is 15.4. The van der Waals surface area contributed by atoms with E-state index in [0.717, 1.165) is 11.1 Å². The lowest BCUT2D eigenvalue weighted by atomic mass is 10.0. The molecule has 0 radical (unpaired) electrons. The average Bonchev–Trinajstić information content (AvgIpc) is 3.12. The van der Waals surface area contributed by atoms with Gasteiger partial charge in [0.05, 0.1) is 23.4 Å².